The molecule has 0 aromatic heterocycles. The van der Waals surface area contributed by atoms with Crippen LogP contribution in [0.2, 0.25) is 0 Å². The van der Waals surface area contributed by atoms with E-state index in [4.69, 9.17) is 27.3 Å². The molecule has 0 spiro atoms. The Morgan fingerprint density at radius 1 is 0.548 bits per heavy atom. The number of benzene rings is 3. The monoisotopic (exact) mass is 481 g/mol. The van der Waals surface area contributed by atoms with Gasteiger partial charge in [-0.15, -0.1) is 0 Å². The van der Waals surface area contributed by atoms with E-state index < -0.39 is 22.2 Å². The third-order valence-electron chi connectivity index (χ3n) is 3.82. The molecule has 0 saturated heterocycles. The van der Waals surface area contributed by atoms with Gasteiger partial charge in [0.2, 0.25) is 0 Å². The molecule has 161 valence electrons. The van der Waals surface area contributed by atoms with Crippen LogP contribution in [0.25, 0.3) is 0 Å². The fourth-order valence-corrected chi connectivity index (χ4v) is 5.83. The normalized spacial score (nSPS) is 8.45. The van der Waals surface area contributed by atoms with Crippen molar-refractivity contribution >= 4 is 50.3 Å². The van der Waals surface area contributed by atoms with Crippen LogP contribution < -0.4 is 15.9 Å². The van der Waals surface area contributed by atoms with E-state index in [1.807, 2.05) is 0 Å². The molecule has 0 fully saturated rings. The summed E-state index contributed by atoms with van der Waals surface area (Å²) in [5.74, 6) is 0. The molecule has 3 aromatic rings. The van der Waals surface area contributed by atoms with E-state index in [9.17, 15) is 0 Å². The van der Waals surface area contributed by atoms with Gasteiger partial charge in [0.1, 0.15) is 23.2 Å². The predicted octanol–water partition coefficient (Wildman–Crippen LogP) is 1.34. The van der Waals surface area contributed by atoms with Gasteiger partial charge in [0.25, 0.3) is 27.2 Å². The van der Waals surface area contributed by atoms with Gasteiger partial charge in [-0.2, -0.15) is 0 Å². The van der Waals surface area contributed by atoms with Gasteiger partial charge in [-0.25, -0.2) is 0 Å². The maximum absolute atomic E-state index is 8.45. The topological polar surface area (TPSA) is 106 Å². The van der Waals surface area contributed by atoms with Crippen LogP contribution in [-0.2, 0) is 38.0 Å². The number of hydrogen-bond donors (Lipinski definition) is 1. The number of rotatable bonds is 3. The van der Waals surface area contributed by atoms with Crippen LogP contribution >= 0.6 is 7.26 Å². The quantitative estimate of drug-likeness (QED) is 0.567. The van der Waals surface area contributed by atoms with Gasteiger partial charge in [0, 0.05) is 0 Å². The molecule has 0 unspecified atom stereocenters. The standard InChI is InChI=1S/C19H18P.4CO.Co.H2O.O/c1-20(17-11-5-2-6-12-17,18-13-7-3-8-14-18)19-15-9-4-10-16-19;4*1-2;;;/h2-16H,1H3;;;;;;1H2;/q+1;;;;;;;/p-1. The van der Waals surface area contributed by atoms with Crippen LogP contribution in [0.4, 0.5) is 0 Å². The van der Waals surface area contributed by atoms with E-state index in [0.717, 1.165) is 0 Å². The van der Waals surface area contributed by atoms with Crippen molar-refractivity contribution in [2.24, 2.45) is 0 Å². The summed E-state index contributed by atoms with van der Waals surface area (Å²) in [6.07, 6.45) is 0. The molecule has 3 aromatic carbocycles. The van der Waals surface area contributed by atoms with E-state index >= 15 is 0 Å². The molecule has 0 atom stereocenters. The first kappa shape index (κ1) is 32.7. The predicted molar refractivity (Wildman–Crippen MR) is 117 cm³/mol. The van der Waals surface area contributed by atoms with Gasteiger partial charge in [0.05, 0.1) is 6.66 Å². The Bertz CT molecular complexity index is 686. The molecular weight excluding hydrogens is 462 g/mol. The fourth-order valence-electron chi connectivity index (χ4n) is 2.63. The van der Waals surface area contributed by atoms with Crippen molar-refractivity contribution in [3.05, 3.63) is 91.0 Å². The minimum atomic E-state index is -1.53. The Hall–Kier alpha value is -2.96. The average Bonchev–Trinajstić information content (AvgIpc) is 2.90. The molecule has 0 bridgehead atoms. The SMILES string of the molecule is C[P+](c1ccccc1)(c1ccccc1)c1ccccc1.[C]=O.[C]=O.[C]=O.[C]=O.[O]=[Co-][OH]. The first-order valence-electron chi connectivity index (χ1n) is 7.95. The number of hydrogen-bond acceptors (Lipinski definition) is 5. The molecule has 0 aliphatic carbocycles. The molecule has 0 aliphatic rings. The molecule has 0 saturated carbocycles. The van der Waals surface area contributed by atoms with E-state index in [1.54, 1.807) is 0 Å². The van der Waals surface area contributed by atoms with Crippen molar-refractivity contribution in [2.75, 3.05) is 6.66 Å². The second kappa shape index (κ2) is 23.3. The summed E-state index contributed by atoms with van der Waals surface area (Å²) in [6, 6.07) is 32.6. The molecule has 3 rings (SSSR count). The van der Waals surface area contributed by atoms with Gasteiger partial charge in [-0.05, 0) is 36.4 Å². The Morgan fingerprint density at radius 2 is 0.710 bits per heavy atom. The fraction of sp³-hybridized carbons (Fsp3) is 0.0435. The summed E-state index contributed by atoms with van der Waals surface area (Å²) in [4.78, 5) is 30.0. The van der Waals surface area contributed by atoms with E-state index in [1.165, 1.54) is 15.9 Å². The van der Waals surface area contributed by atoms with Gasteiger partial charge >= 0.3 is 23.0 Å². The first-order chi connectivity index (χ1) is 15.2. The molecule has 8 radical (unpaired) electrons. The van der Waals surface area contributed by atoms with E-state index in [2.05, 4.69) is 125 Å². The Kier molecular flexibility index (Phi) is 24.6. The summed E-state index contributed by atoms with van der Waals surface area (Å²) in [7, 11) is -1.53. The third kappa shape index (κ3) is 11.1. The van der Waals surface area contributed by atoms with E-state index in [0.29, 0.717) is 0 Å². The molecule has 0 amide bonds. The summed E-state index contributed by atoms with van der Waals surface area (Å²) in [5.41, 5.74) is 0. The minimum absolute atomic E-state index is 0.812. The summed E-state index contributed by atoms with van der Waals surface area (Å²) in [6.45, 7) is 20.4. The third-order valence-corrected chi connectivity index (χ3v) is 7.81. The molecule has 31 heavy (non-hydrogen) atoms. The summed E-state index contributed by atoms with van der Waals surface area (Å²) < 4.78 is 15.4. The van der Waals surface area contributed by atoms with Crippen LogP contribution in [0.1, 0.15) is 0 Å². The molecule has 0 aliphatic heterocycles. The van der Waals surface area contributed by atoms with Crippen molar-refractivity contribution in [1.82, 2.24) is 0 Å². The van der Waals surface area contributed by atoms with Crippen molar-refractivity contribution in [1.29, 1.82) is 0 Å². The molecular formula is C23H19CoO6P. The van der Waals surface area contributed by atoms with Crippen LogP contribution in [0.3, 0.4) is 0 Å². The van der Waals surface area contributed by atoms with Crippen LogP contribution in [0.15, 0.2) is 91.0 Å². The van der Waals surface area contributed by atoms with Crippen LogP contribution in [0.5, 0.6) is 0 Å². The number of carbonyl (C=O) groups excluding carboxylic acids is 4. The van der Waals surface area contributed by atoms with Gasteiger partial charge in [-0.3, -0.25) is 19.2 Å². The maximum atomic E-state index is 8.45. The first-order valence-corrected chi connectivity index (χ1v) is 11.1. The zero-order valence-electron chi connectivity index (χ0n) is 16.4. The average molecular weight is 481 g/mol. The Balaban J connectivity index is -0.000000619. The second-order valence-electron chi connectivity index (χ2n) is 5.07. The second-order valence-corrected chi connectivity index (χ2v) is 8.83. The Labute approximate surface area is 190 Å². The summed E-state index contributed by atoms with van der Waals surface area (Å²) >= 11 is -0.812. The zero-order valence-corrected chi connectivity index (χ0v) is 18.4. The molecule has 8 heteroatoms. The molecule has 1 N–H and O–H groups in total. The summed E-state index contributed by atoms with van der Waals surface area (Å²) in [5, 5.41) is 4.28. The van der Waals surface area contributed by atoms with Gasteiger partial charge in [0.15, 0.2) is 0 Å². The van der Waals surface area contributed by atoms with Crippen LogP contribution in [-0.4, -0.2) is 38.0 Å². The van der Waals surface area contributed by atoms with Gasteiger partial charge in [-0.1, -0.05) is 54.6 Å². The van der Waals surface area contributed by atoms with Crippen molar-refractivity contribution in [3.8, 4) is 0 Å². The van der Waals surface area contributed by atoms with Crippen LogP contribution in [0, 0.1) is 0 Å². The van der Waals surface area contributed by atoms with Crippen molar-refractivity contribution in [2.45, 2.75) is 0 Å². The van der Waals surface area contributed by atoms with Crippen molar-refractivity contribution < 1.29 is 42.2 Å². The van der Waals surface area contributed by atoms with E-state index in [-0.39, 0.29) is 0 Å². The van der Waals surface area contributed by atoms with Gasteiger partial charge < -0.3 is 0 Å². The zero-order chi connectivity index (χ0) is 24.5. The molecule has 6 nitrogen and oxygen atoms in total. The van der Waals surface area contributed by atoms with Crippen molar-refractivity contribution in [3.63, 3.8) is 0 Å². The molecule has 0 heterocycles. The Morgan fingerprint density at radius 3 is 0.871 bits per heavy atom.